The van der Waals surface area contributed by atoms with Crippen LogP contribution >= 0.6 is 38.6 Å². The highest BCUT2D eigenvalue weighted by Crippen LogP contribution is 2.32. The van der Waals surface area contributed by atoms with E-state index < -0.39 is 0 Å². The summed E-state index contributed by atoms with van der Waals surface area (Å²) in [5.74, 6) is -0.194. The van der Waals surface area contributed by atoms with Gasteiger partial charge < -0.3 is 4.74 Å². The number of aryl methyl sites for hydroxylation is 1. The molecule has 2 aromatic rings. The van der Waals surface area contributed by atoms with Crippen LogP contribution in [0.15, 0.2) is 21.3 Å². The van der Waals surface area contributed by atoms with Gasteiger partial charge in [0.05, 0.1) is 32.9 Å². The Balaban J connectivity index is 2.03. The second-order valence-corrected chi connectivity index (χ2v) is 6.71. The van der Waals surface area contributed by atoms with E-state index in [0.29, 0.717) is 12.8 Å². The summed E-state index contributed by atoms with van der Waals surface area (Å²) in [6.45, 7) is 0. The molecular formula is C11H10BrNO2S2. The first-order valence-electron chi connectivity index (χ1n) is 4.96. The number of hydrogen-bond donors (Lipinski definition) is 0. The van der Waals surface area contributed by atoms with Crippen LogP contribution in [0.4, 0.5) is 0 Å². The zero-order valence-electron chi connectivity index (χ0n) is 9.10. The lowest BCUT2D eigenvalue weighted by molar-refractivity contribution is -0.140. The first-order valence-corrected chi connectivity index (χ1v) is 7.45. The van der Waals surface area contributed by atoms with E-state index in [9.17, 15) is 4.79 Å². The summed E-state index contributed by atoms with van der Waals surface area (Å²) < 4.78 is 5.69. The van der Waals surface area contributed by atoms with Gasteiger partial charge in [0, 0.05) is 11.8 Å². The molecule has 3 nitrogen and oxygen atoms in total. The van der Waals surface area contributed by atoms with Gasteiger partial charge in [0.25, 0.3) is 0 Å². The molecule has 0 amide bonds. The topological polar surface area (TPSA) is 39.2 Å². The predicted octanol–water partition coefficient (Wildman–Crippen LogP) is 3.74. The van der Waals surface area contributed by atoms with Crippen LogP contribution in [0.3, 0.4) is 0 Å². The van der Waals surface area contributed by atoms with Crippen molar-refractivity contribution in [2.45, 2.75) is 12.8 Å². The number of nitrogens with zero attached hydrogens (tertiary/aromatic N) is 1. The molecule has 0 unspecified atom stereocenters. The monoisotopic (exact) mass is 331 g/mol. The number of ether oxygens (including phenoxy) is 1. The number of carbonyl (C=O) groups excluding carboxylic acids is 1. The summed E-state index contributed by atoms with van der Waals surface area (Å²) in [6, 6.07) is 4.04. The van der Waals surface area contributed by atoms with Crippen molar-refractivity contribution in [1.82, 2.24) is 4.98 Å². The van der Waals surface area contributed by atoms with Gasteiger partial charge in [-0.15, -0.1) is 22.7 Å². The van der Waals surface area contributed by atoms with E-state index >= 15 is 0 Å². The number of thiazole rings is 1. The number of carbonyl (C=O) groups is 1. The Morgan fingerprint density at radius 2 is 2.35 bits per heavy atom. The first-order chi connectivity index (χ1) is 8.19. The van der Waals surface area contributed by atoms with Crippen molar-refractivity contribution >= 4 is 44.6 Å². The van der Waals surface area contributed by atoms with Crippen LogP contribution in [0.5, 0.6) is 0 Å². The molecule has 6 heteroatoms. The van der Waals surface area contributed by atoms with Crippen molar-refractivity contribution in [3.8, 4) is 10.6 Å². The third-order valence-corrected chi connectivity index (χ3v) is 4.70. The molecule has 2 aromatic heterocycles. The van der Waals surface area contributed by atoms with Crippen LogP contribution in [0, 0.1) is 0 Å². The molecule has 17 heavy (non-hydrogen) atoms. The van der Waals surface area contributed by atoms with Crippen molar-refractivity contribution in [2.75, 3.05) is 7.11 Å². The number of methoxy groups -OCH3 is 1. The number of halogens is 1. The Labute approximate surface area is 116 Å². The van der Waals surface area contributed by atoms with Gasteiger partial charge in [0.15, 0.2) is 0 Å². The molecule has 0 aromatic carbocycles. The Morgan fingerprint density at radius 3 is 3.00 bits per heavy atom. The van der Waals surface area contributed by atoms with Crippen LogP contribution in [-0.2, 0) is 16.0 Å². The number of rotatable bonds is 4. The van der Waals surface area contributed by atoms with E-state index in [1.807, 2.05) is 17.5 Å². The summed E-state index contributed by atoms with van der Waals surface area (Å²) in [6.07, 6.45) is 1.03. The van der Waals surface area contributed by atoms with Gasteiger partial charge in [-0.1, -0.05) is 0 Å². The van der Waals surface area contributed by atoms with Gasteiger partial charge in [0.2, 0.25) is 0 Å². The van der Waals surface area contributed by atoms with E-state index in [1.54, 1.807) is 22.7 Å². The largest absolute Gasteiger partial charge is 0.469 e. The number of esters is 1. The molecular weight excluding hydrogens is 322 g/mol. The Morgan fingerprint density at radius 1 is 1.53 bits per heavy atom. The average Bonchev–Trinajstić information content (AvgIpc) is 2.94. The normalized spacial score (nSPS) is 10.5. The Kier molecular flexibility index (Phi) is 4.31. The minimum atomic E-state index is -0.194. The Hall–Kier alpha value is -0.720. The fourth-order valence-corrected chi connectivity index (χ4v) is 3.52. The van der Waals surface area contributed by atoms with E-state index in [0.717, 1.165) is 19.4 Å². The zero-order chi connectivity index (χ0) is 12.3. The standard InChI is InChI=1S/C11H10BrNO2S2/c1-15-11(14)5-4-10-13-7(6-16-10)8-2-3-9(12)17-8/h2-3,6H,4-5H2,1H3. The molecule has 0 saturated carbocycles. The van der Waals surface area contributed by atoms with Crippen molar-refractivity contribution < 1.29 is 9.53 Å². The molecule has 2 heterocycles. The quantitative estimate of drug-likeness (QED) is 0.801. The molecule has 0 aliphatic rings. The molecule has 0 spiro atoms. The number of hydrogen-bond acceptors (Lipinski definition) is 5. The van der Waals surface area contributed by atoms with Crippen LogP contribution in [-0.4, -0.2) is 18.1 Å². The van der Waals surface area contributed by atoms with E-state index in [4.69, 9.17) is 0 Å². The lowest BCUT2D eigenvalue weighted by Crippen LogP contribution is -2.01. The molecule has 0 bridgehead atoms. The lowest BCUT2D eigenvalue weighted by Gasteiger charge is -1.95. The summed E-state index contributed by atoms with van der Waals surface area (Å²) in [5, 5.41) is 2.99. The van der Waals surface area contributed by atoms with E-state index in [-0.39, 0.29) is 5.97 Å². The van der Waals surface area contributed by atoms with Crippen LogP contribution < -0.4 is 0 Å². The first kappa shape index (κ1) is 12.7. The summed E-state index contributed by atoms with van der Waals surface area (Å²) in [4.78, 5) is 16.7. The maximum absolute atomic E-state index is 11.0. The Bertz CT molecular complexity index is 521. The molecule has 0 fully saturated rings. The van der Waals surface area contributed by atoms with Crippen molar-refractivity contribution in [3.63, 3.8) is 0 Å². The van der Waals surface area contributed by atoms with E-state index in [2.05, 4.69) is 25.7 Å². The molecule has 0 saturated heterocycles. The molecule has 0 aliphatic heterocycles. The fourth-order valence-electron chi connectivity index (χ4n) is 1.30. The second-order valence-electron chi connectivity index (χ2n) is 3.31. The lowest BCUT2D eigenvalue weighted by atomic mass is 10.3. The van der Waals surface area contributed by atoms with Crippen LogP contribution in [0.2, 0.25) is 0 Å². The molecule has 90 valence electrons. The van der Waals surface area contributed by atoms with Crippen LogP contribution in [0.25, 0.3) is 10.6 Å². The molecule has 0 N–H and O–H groups in total. The van der Waals surface area contributed by atoms with Gasteiger partial charge in [-0.3, -0.25) is 4.79 Å². The van der Waals surface area contributed by atoms with E-state index in [1.165, 1.54) is 7.11 Å². The summed E-state index contributed by atoms with van der Waals surface area (Å²) in [7, 11) is 1.40. The van der Waals surface area contributed by atoms with Gasteiger partial charge in [-0.25, -0.2) is 4.98 Å². The average molecular weight is 332 g/mol. The smallest absolute Gasteiger partial charge is 0.305 e. The highest BCUT2D eigenvalue weighted by atomic mass is 79.9. The zero-order valence-corrected chi connectivity index (χ0v) is 12.3. The minimum absolute atomic E-state index is 0.194. The maximum atomic E-state index is 11.0. The molecule has 0 aliphatic carbocycles. The predicted molar refractivity (Wildman–Crippen MR) is 73.5 cm³/mol. The summed E-state index contributed by atoms with van der Waals surface area (Å²) >= 11 is 6.66. The third-order valence-electron chi connectivity index (χ3n) is 2.15. The van der Waals surface area contributed by atoms with Crippen molar-refractivity contribution in [2.24, 2.45) is 0 Å². The van der Waals surface area contributed by atoms with Gasteiger partial charge >= 0.3 is 5.97 Å². The SMILES string of the molecule is COC(=O)CCc1nc(-c2ccc(Br)s2)cs1. The van der Waals surface area contributed by atoms with Gasteiger partial charge in [0.1, 0.15) is 0 Å². The maximum Gasteiger partial charge on any atom is 0.305 e. The highest BCUT2D eigenvalue weighted by Gasteiger charge is 2.08. The minimum Gasteiger partial charge on any atom is -0.469 e. The second kappa shape index (κ2) is 5.75. The van der Waals surface area contributed by atoms with Gasteiger partial charge in [-0.05, 0) is 28.1 Å². The highest BCUT2D eigenvalue weighted by molar-refractivity contribution is 9.11. The van der Waals surface area contributed by atoms with Gasteiger partial charge in [-0.2, -0.15) is 0 Å². The van der Waals surface area contributed by atoms with Crippen molar-refractivity contribution in [3.05, 3.63) is 26.3 Å². The third kappa shape index (κ3) is 3.37. The van der Waals surface area contributed by atoms with Crippen molar-refractivity contribution in [1.29, 1.82) is 0 Å². The summed E-state index contributed by atoms with van der Waals surface area (Å²) in [5.41, 5.74) is 0.977. The molecule has 0 atom stereocenters. The molecule has 2 rings (SSSR count). The fraction of sp³-hybridized carbons (Fsp3) is 0.273. The molecule has 0 radical (unpaired) electrons. The number of aromatic nitrogens is 1. The number of thiophene rings is 1. The van der Waals surface area contributed by atoms with Crippen LogP contribution in [0.1, 0.15) is 11.4 Å².